The van der Waals surface area contributed by atoms with Crippen LogP contribution in [0.15, 0.2) is 65.7 Å². The summed E-state index contributed by atoms with van der Waals surface area (Å²) in [5.41, 5.74) is 0.935. The Hall–Kier alpha value is -3.17. The van der Waals surface area contributed by atoms with E-state index in [0.29, 0.717) is 42.6 Å². The van der Waals surface area contributed by atoms with Crippen molar-refractivity contribution in [1.82, 2.24) is 19.5 Å². The van der Waals surface area contributed by atoms with Gasteiger partial charge < -0.3 is 15.2 Å². The molecule has 1 atom stereocenters. The average molecular weight is 483 g/mol. The van der Waals surface area contributed by atoms with E-state index in [2.05, 4.69) is 10.6 Å². The van der Waals surface area contributed by atoms with Crippen LogP contribution in [0.1, 0.15) is 25.5 Å². The molecule has 180 valence electrons. The summed E-state index contributed by atoms with van der Waals surface area (Å²) in [4.78, 5) is 24.9. The number of piperidine rings is 1. The highest BCUT2D eigenvalue weighted by Crippen LogP contribution is 2.27. The maximum absolute atomic E-state index is 13.4. The van der Waals surface area contributed by atoms with E-state index in [0.717, 1.165) is 11.1 Å². The van der Waals surface area contributed by atoms with E-state index >= 15 is 0 Å². The topological polar surface area (TPSA) is 101 Å². The Balaban J connectivity index is 1.41. The molecule has 1 fully saturated rings. The number of hydrogen-bond acceptors (Lipinski definition) is 4. The number of carbonyl (C=O) groups excluding carboxylic acids is 2. The standard InChI is InChI=1S/C25H30N4O4S/c1-18(30)26-23(17-21-9-6-14-28(21)2)25(31)27-20-12-15-29(16-13-20)34(32,33)24-11-5-8-19-7-3-4-10-22(19)24/h3-11,14,20,23H,12-13,15-17H2,1-2H3,(H,26,30)(H,27,31)/t23-/m0/s1. The summed E-state index contributed by atoms with van der Waals surface area (Å²) in [5.74, 6) is -0.530. The lowest BCUT2D eigenvalue weighted by atomic mass is 10.0. The van der Waals surface area contributed by atoms with E-state index in [-0.39, 0.29) is 17.9 Å². The van der Waals surface area contributed by atoms with Gasteiger partial charge in [0.1, 0.15) is 6.04 Å². The minimum atomic E-state index is -3.65. The molecule has 1 aliphatic heterocycles. The van der Waals surface area contributed by atoms with Crippen LogP contribution in [0.4, 0.5) is 0 Å². The van der Waals surface area contributed by atoms with Gasteiger partial charge in [0.25, 0.3) is 0 Å². The van der Waals surface area contributed by atoms with Crippen LogP contribution in [0, 0.1) is 0 Å². The van der Waals surface area contributed by atoms with Crippen LogP contribution in [-0.2, 0) is 33.1 Å². The molecule has 1 saturated heterocycles. The van der Waals surface area contributed by atoms with Gasteiger partial charge in [-0.05, 0) is 36.4 Å². The van der Waals surface area contributed by atoms with Crippen molar-refractivity contribution in [2.45, 2.75) is 43.2 Å². The Kier molecular flexibility index (Phi) is 7.04. The van der Waals surface area contributed by atoms with Crippen LogP contribution in [-0.4, -0.2) is 54.3 Å². The number of aryl methyl sites for hydroxylation is 1. The lowest BCUT2D eigenvalue weighted by molar-refractivity contribution is -0.128. The summed E-state index contributed by atoms with van der Waals surface area (Å²) in [7, 11) is -1.76. The fraction of sp³-hybridized carbons (Fsp3) is 0.360. The number of aromatic nitrogens is 1. The predicted octanol–water partition coefficient (Wildman–Crippen LogP) is 2.20. The Morgan fingerprint density at radius 3 is 2.41 bits per heavy atom. The van der Waals surface area contributed by atoms with Gasteiger partial charge in [-0.3, -0.25) is 9.59 Å². The second kappa shape index (κ2) is 9.99. The van der Waals surface area contributed by atoms with Gasteiger partial charge in [0.05, 0.1) is 4.90 Å². The van der Waals surface area contributed by atoms with Crippen LogP contribution in [0.3, 0.4) is 0 Å². The third-order valence-electron chi connectivity index (χ3n) is 6.33. The maximum atomic E-state index is 13.4. The molecule has 1 aliphatic rings. The van der Waals surface area contributed by atoms with Crippen molar-refractivity contribution in [2.24, 2.45) is 7.05 Å². The lowest BCUT2D eigenvalue weighted by Crippen LogP contribution is -2.53. The molecule has 0 radical (unpaired) electrons. The van der Waals surface area contributed by atoms with Crippen LogP contribution < -0.4 is 10.6 Å². The maximum Gasteiger partial charge on any atom is 0.243 e. The van der Waals surface area contributed by atoms with Crippen LogP contribution in [0.2, 0.25) is 0 Å². The average Bonchev–Trinajstić information content (AvgIpc) is 3.22. The summed E-state index contributed by atoms with van der Waals surface area (Å²) in [6.07, 6.45) is 3.28. The monoisotopic (exact) mass is 482 g/mol. The smallest absolute Gasteiger partial charge is 0.243 e. The SMILES string of the molecule is CC(=O)N[C@@H](Cc1cccn1C)C(=O)NC1CCN(S(=O)(=O)c2cccc3ccccc23)CC1. The number of fused-ring (bicyclic) bond motifs is 1. The summed E-state index contributed by atoms with van der Waals surface area (Å²) in [6, 6.07) is 15.7. The molecule has 34 heavy (non-hydrogen) atoms. The molecule has 0 bridgehead atoms. The molecule has 1 aromatic heterocycles. The Labute approximate surface area is 200 Å². The second-order valence-corrected chi connectivity index (χ2v) is 10.6. The summed E-state index contributed by atoms with van der Waals surface area (Å²) in [6.45, 7) is 2.03. The van der Waals surface area contributed by atoms with Gasteiger partial charge in [0.2, 0.25) is 21.8 Å². The van der Waals surface area contributed by atoms with Crippen molar-refractivity contribution in [2.75, 3.05) is 13.1 Å². The summed E-state index contributed by atoms with van der Waals surface area (Å²) >= 11 is 0. The number of hydrogen-bond donors (Lipinski definition) is 2. The Morgan fingerprint density at radius 2 is 1.74 bits per heavy atom. The predicted molar refractivity (Wildman–Crippen MR) is 131 cm³/mol. The zero-order chi connectivity index (χ0) is 24.3. The number of nitrogens with zero attached hydrogens (tertiary/aromatic N) is 2. The first kappa shape index (κ1) is 24.0. The highest BCUT2D eigenvalue weighted by atomic mass is 32.2. The number of sulfonamides is 1. The van der Waals surface area contributed by atoms with Crippen molar-refractivity contribution in [3.63, 3.8) is 0 Å². The number of carbonyl (C=O) groups is 2. The third-order valence-corrected chi connectivity index (χ3v) is 8.28. The zero-order valence-corrected chi connectivity index (χ0v) is 20.2. The molecule has 2 heterocycles. The highest BCUT2D eigenvalue weighted by Gasteiger charge is 2.32. The first-order valence-electron chi connectivity index (χ1n) is 11.4. The van der Waals surface area contributed by atoms with Gasteiger partial charge in [-0.2, -0.15) is 4.31 Å². The quantitative estimate of drug-likeness (QED) is 0.539. The molecular formula is C25H30N4O4S. The van der Waals surface area contributed by atoms with Crippen molar-refractivity contribution in [3.05, 3.63) is 66.5 Å². The van der Waals surface area contributed by atoms with Gasteiger partial charge in [-0.1, -0.05) is 36.4 Å². The van der Waals surface area contributed by atoms with Gasteiger partial charge >= 0.3 is 0 Å². The molecule has 2 aromatic carbocycles. The second-order valence-electron chi connectivity index (χ2n) is 8.73. The van der Waals surface area contributed by atoms with E-state index < -0.39 is 16.1 Å². The molecule has 0 spiro atoms. The molecule has 9 heteroatoms. The van der Waals surface area contributed by atoms with Crippen LogP contribution in [0.25, 0.3) is 10.8 Å². The molecule has 3 aromatic rings. The number of benzene rings is 2. The van der Waals surface area contributed by atoms with E-state index in [9.17, 15) is 18.0 Å². The van der Waals surface area contributed by atoms with Gasteiger partial charge in [0.15, 0.2) is 0 Å². The fourth-order valence-electron chi connectivity index (χ4n) is 4.47. The summed E-state index contributed by atoms with van der Waals surface area (Å²) in [5, 5.41) is 7.34. The van der Waals surface area contributed by atoms with Crippen molar-refractivity contribution in [1.29, 1.82) is 0 Å². The first-order chi connectivity index (χ1) is 16.3. The first-order valence-corrected chi connectivity index (χ1v) is 12.9. The Bertz CT molecular complexity index is 1290. The molecular weight excluding hydrogens is 452 g/mol. The van der Waals surface area contributed by atoms with Crippen LogP contribution in [0.5, 0.6) is 0 Å². The molecule has 0 saturated carbocycles. The third kappa shape index (κ3) is 5.15. The molecule has 0 aliphatic carbocycles. The van der Waals surface area contributed by atoms with E-state index in [1.807, 2.05) is 60.3 Å². The minimum Gasteiger partial charge on any atom is -0.354 e. The number of nitrogens with one attached hydrogen (secondary N) is 2. The van der Waals surface area contributed by atoms with E-state index in [1.165, 1.54) is 11.2 Å². The van der Waals surface area contributed by atoms with Crippen molar-refractivity contribution >= 4 is 32.6 Å². The molecule has 0 unspecified atom stereocenters. The molecule has 2 amide bonds. The van der Waals surface area contributed by atoms with Gasteiger partial charge in [-0.25, -0.2) is 8.42 Å². The van der Waals surface area contributed by atoms with E-state index in [4.69, 9.17) is 0 Å². The zero-order valence-electron chi connectivity index (χ0n) is 19.4. The molecule has 2 N–H and O–H groups in total. The van der Waals surface area contributed by atoms with E-state index in [1.54, 1.807) is 12.1 Å². The molecule has 4 rings (SSSR count). The highest BCUT2D eigenvalue weighted by molar-refractivity contribution is 7.89. The van der Waals surface area contributed by atoms with Crippen LogP contribution >= 0.6 is 0 Å². The lowest BCUT2D eigenvalue weighted by Gasteiger charge is -2.32. The molecule has 8 nitrogen and oxygen atoms in total. The fourth-order valence-corrected chi connectivity index (χ4v) is 6.16. The van der Waals surface area contributed by atoms with Crippen molar-refractivity contribution in [3.8, 4) is 0 Å². The number of rotatable bonds is 7. The Morgan fingerprint density at radius 1 is 1.03 bits per heavy atom. The van der Waals surface area contributed by atoms with Crippen molar-refractivity contribution < 1.29 is 18.0 Å². The summed E-state index contributed by atoms with van der Waals surface area (Å²) < 4.78 is 30.1. The normalized spacial score (nSPS) is 16.3. The van der Waals surface area contributed by atoms with Gasteiger partial charge in [-0.15, -0.1) is 0 Å². The minimum absolute atomic E-state index is 0.156. The van der Waals surface area contributed by atoms with Gasteiger partial charge in [0, 0.05) is 56.8 Å². The largest absolute Gasteiger partial charge is 0.354 e. The number of amides is 2.